The number of carbonyl (C=O) groups is 1. The lowest BCUT2D eigenvalue weighted by molar-refractivity contribution is -0.138. The van der Waals surface area contributed by atoms with Crippen molar-refractivity contribution in [2.45, 2.75) is 38.0 Å². The first kappa shape index (κ1) is 23.9. The summed E-state index contributed by atoms with van der Waals surface area (Å²) < 4.78 is 83.2. The van der Waals surface area contributed by atoms with Crippen LogP contribution < -0.4 is 0 Å². The molecule has 0 bridgehead atoms. The summed E-state index contributed by atoms with van der Waals surface area (Å²) in [4.78, 5) is 12.7. The molecule has 34 heavy (non-hydrogen) atoms. The fourth-order valence-electron chi connectivity index (χ4n) is 4.47. The van der Waals surface area contributed by atoms with Gasteiger partial charge in [0.2, 0.25) is 0 Å². The molecule has 0 saturated carbocycles. The molecule has 3 aromatic rings. The number of fused-ring (bicyclic) bond motifs is 1. The maximum atomic E-state index is 13.1. The summed E-state index contributed by atoms with van der Waals surface area (Å²) in [6.45, 7) is 0. The van der Waals surface area contributed by atoms with Gasteiger partial charge in [-0.15, -0.1) is 0 Å². The molecule has 178 valence electrons. The molecule has 1 aliphatic carbocycles. The van der Waals surface area contributed by atoms with Gasteiger partial charge in [-0.25, -0.2) is 4.79 Å². The molecular weight excluding hydrogens is 458 g/mol. The van der Waals surface area contributed by atoms with Crippen molar-refractivity contribution in [3.05, 3.63) is 82.4 Å². The van der Waals surface area contributed by atoms with Crippen LogP contribution in [0.15, 0.2) is 54.6 Å². The van der Waals surface area contributed by atoms with Gasteiger partial charge in [0.15, 0.2) is 0 Å². The summed E-state index contributed by atoms with van der Waals surface area (Å²) in [5, 5.41) is 0. The van der Waals surface area contributed by atoms with Crippen LogP contribution in [0, 0.1) is 0 Å². The predicted molar refractivity (Wildman–Crippen MR) is 115 cm³/mol. The van der Waals surface area contributed by atoms with Gasteiger partial charge in [-0.05, 0) is 89.4 Å². The molecule has 0 spiro atoms. The molecule has 3 aromatic carbocycles. The fourth-order valence-corrected chi connectivity index (χ4v) is 4.47. The monoisotopic (exact) mass is 478 g/mol. The maximum Gasteiger partial charge on any atom is 0.416 e. The molecule has 0 N–H and O–H groups in total. The molecule has 4 rings (SSSR count). The highest BCUT2D eigenvalue weighted by Gasteiger charge is 2.32. The van der Waals surface area contributed by atoms with Crippen LogP contribution in [-0.2, 0) is 29.9 Å². The van der Waals surface area contributed by atoms with Crippen LogP contribution in [-0.4, -0.2) is 13.1 Å². The van der Waals surface area contributed by atoms with Crippen molar-refractivity contribution >= 4 is 5.97 Å². The lowest BCUT2D eigenvalue weighted by Gasteiger charge is -2.26. The molecule has 8 heteroatoms. The summed E-state index contributed by atoms with van der Waals surface area (Å²) in [5.74, 6) is -0.670. The third kappa shape index (κ3) is 4.54. The molecule has 0 saturated heterocycles. The standard InChI is InChI=1S/C26H20F6O2/c1-34-24(33)22-14-21(15-6-10-17(11-7-15)25(27,28)29)19-4-2-3-5-20(19)23(22)16-8-12-18(13-9-16)26(30,31)32/h6-14H,2-5H2,1H3. The quantitative estimate of drug-likeness (QED) is 0.285. The second kappa shape index (κ2) is 8.81. The van der Waals surface area contributed by atoms with Crippen molar-refractivity contribution in [2.24, 2.45) is 0 Å². The maximum absolute atomic E-state index is 13.1. The minimum Gasteiger partial charge on any atom is -0.465 e. The van der Waals surface area contributed by atoms with E-state index in [2.05, 4.69) is 0 Å². The van der Waals surface area contributed by atoms with Gasteiger partial charge >= 0.3 is 18.3 Å². The largest absolute Gasteiger partial charge is 0.465 e. The fraction of sp³-hybridized carbons (Fsp3) is 0.269. The van der Waals surface area contributed by atoms with Gasteiger partial charge in [0, 0.05) is 0 Å². The van der Waals surface area contributed by atoms with E-state index in [0.29, 0.717) is 35.1 Å². The normalized spacial score (nSPS) is 14.0. The van der Waals surface area contributed by atoms with Gasteiger partial charge in [0.1, 0.15) is 0 Å². The average Bonchev–Trinajstić information content (AvgIpc) is 2.81. The average molecular weight is 478 g/mol. The van der Waals surface area contributed by atoms with Gasteiger partial charge in [-0.1, -0.05) is 24.3 Å². The first-order chi connectivity index (χ1) is 16.0. The molecule has 0 aromatic heterocycles. The van der Waals surface area contributed by atoms with Crippen LogP contribution in [0.4, 0.5) is 26.3 Å². The number of benzene rings is 3. The van der Waals surface area contributed by atoms with E-state index >= 15 is 0 Å². The number of carbonyl (C=O) groups excluding carboxylic acids is 1. The minimum atomic E-state index is -4.49. The Kier molecular flexibility index (Phi) is 6.18. The lowest BCUT2D eigenvalue weighted by Crippen LogP contribution is -2.13. The zero-order valence-corrected chi connectivity index (χ0v) is 18.1. The number of hydrogen-bond donors (Lipinski definition) is 0. The third-order valence-electron chi connectivity index (χ3n) is 6.08. The van der Waals surface area contributed by atoms with Crippen molar-refractivity contribution in [3.8, 4) is 22.3 Å². The molecular formula is C26H20F6O2. The van der Waals surface area contributed by atoms with E-state index in [0.717, 1.165) is 48.2 Å². The van der Waals surface area contributed by atoms with E-state index in [1.165, 1.54) is 31.4 Å². The minimum absolute atomic E-state index is 0.165. The Morgan fingerprint density at radius 1 is 0.735 bits per heavy atom. The van der Waals surface area contributed by atoms with Crippen molar-refractivity contribution in [1.29, 1.82) is 0 Å². The van der Waals surface area contributed by atoms with Crippen LogP contribution >= 0.6 is 0 Å². The Morgan fingerprint density at radius 2 is 1.21 bits per heavy atom. The van der Waals surface area contributed by atoms with Gasteiger partial charge in [0.25, 0.3) is 0 Å². The smallest absolute Gasteiger partial charge is 0.416 e. The van der Waals surface area contributed by atoms with Crippen molar-refractivity contribution in [2.75, 3.05) is 7.11 Å². The molecule has 0 fully saturated rings. The second-order valence-electron chi connectivity index (χ2n) is 8.15. The highest BCUT2D eigenvalue weighted by Crippen LogP contribution is 2.42. The highest BCUT2D eigenvalue weighted by atomic mass is 19.4. The SMILES string of the molecule is COC(=O)c1cc(-c2ccc(C(F)(F)F)cc2)c2c(c1-c1ccc(C(F)(F)F)cc1)CCCC2. The van der Waals surface area contributed by atoms with Crippen LogP contribution in [0.1, 0.15) is 45.5 Å². The number of halogens is 6. The number of hydrogen-bond acceptors (Lipinski definition) is 2. The molecule has 1 aliphatic rings. The van der Waals surface area contributed by atoms with Crippen molar-refractivity contribution in [1.82, 2.24) is 0 Å². The zero-order valence-electron chi connectivity index (χ0n) is 18.1. The van der Waals surface area contributed by atoms with Crippen LogP contribution in [0.25, 0.3) is 22.3 Å². The van der Waals surface area contributed by atoms with Crippen LogP contribution in [0.5, 0.6) is 0 Å². The molecule has 0 heterocycles. The Morgan fingerprint density at radius 3 is 1.68 bits per heavy atom. The van der Waals surface area contributed by atoms with E-state index < -0.39 is 29.4 Å². The van der Waals surface area contributed by atoms with Crippen molar-refractivity contribution in [3.63, 3.8) is 0 Å². The summed E-state index contributed by atoms with van der Waals surface area (Å²) in [5.41, 5.74) is 2.38. The van der Waals surface area contributed by atoms with Crippen LogP contribution in [0.3, 0.4) is 0 Å². The number of methoxy groups -OCH3 is 1. The number of esters is 1. The van der Waals surface area contributed by atoms with E-state index in [1.54, 1.807) is 6.07 Å². The first-order valence-electron chi connectivity index (χ1n) is 10.6. The predicted octanol–water partition coefficient (Wildman–Crippen LogP) is 7.72. The van der Waals surface area contributed by atoms with Crippen LogP contribution in [0.2, 0.25) is 0 Å². The van der Waals surface area contributed by atoms with E-state index in [9.17, 15) is 31.1 Å². The third-order valence-corrected chi connectivity index (χ3v) is 6.08. The summed E-state index contributed by atoms with van der Waals surface area (Å²) in [6, 6.07) is 10.9. The molecule has 0 unspecified atom stereocenters. The second-order valence-corrected chi connectivity index (χ2v) is 8.15. The van der Waals surface area contributed by atoms with Crippen molar-refractivity contribution < 1.29 is 35.9 Å². The number of ether oxygens (including phenoxy) is 1. The molecule has 0 radical (unpaired) electrons. The summed E-state index contributed by atoms with van der Waals surface area (Å²) in [7, 11) is 1.20. The summed E-state index contributed by atoms with van der Waals surface area (Å²) in [6.07, 6.45) is -6.07. The Bertz CT molecular complexity index is 1210. The molecule has 0 atom stereocenters. The van der Waals surface area contributed by atoms with Gasteiger partial charge < -0.3 is 4.74 Å². The number of rotatable bonds is 3. The molecule has 0 amide bonds. The lowest BCUT2D eigenvalue weighted by atomic mass is 9.79. The zero-order chi connectivity index (χ0) is 24.7. The first-order valence-corrected chi connectivity index (χ1v) is 10.6. The summed E-state index contributed by atoms with van der Waals surface area (Å²) >= 11 is 0. The van der Waals surface area contributed by atoms with E-state index in [-0.39, 0.29) is 5.56 Å². The van der Waals surface area contributed by atoms with E-state index in [4.69, 9.17) is 4.74 Å². The van der Waals surface area contributed by atoms with Gasteiger partial charge in [-0.3, -0.25) is 0 Å². The number of alkyl halides is 6. The Labute approximate surface area is 192 Å². The van der Waals surface area contributed by atoms with Gasteiger partial charge in [-0.2, -0.15) is 26.3 Å². The topological polar surface area (TPSA) is 26.3 Å². The van der Waals surface area contributed by atoms with Gasteiger partial charge in [0.05, 0.1) is 23.8 Å². The molecule has 2 nitrogen and oxygen atoms in total. The Balaban J connectivity index is 1.92. The Hall–Kier alpha value is -3.29. The molecule has 0 aliphatic heterocycles. The highest BCUT2D eigenvalue weighted by molar-refractivity contribution is 6.00. The van der Waals surface area contributed by atoms with E-state index in [1.807, 2.05) is 0 Å².